The average molecular weight is 303 g/mol. The molecular formula is C17H25N3O2. The molecule has 5 heteroatoms. The number of hydrogen-bond acceptors (Lipinski definition) is 2. The van der Waals surface area contributed by atoms with E-state index >= 15 is 0 Å². The molecule has 0 saturated carbocycles. The fraction of sp³-hybridized carbons (Fsp3) is 0.647. The number of aromatic nitrogens is 1. The second-order valence-corrected chi connectivity index (χ2v) is 6.96. The summed E-state index contributed by atoms with van der Waals surface area (Å²) in [5, 5.41) is 0. The van der Waals surface area contributed by atoms with Crippen LogP contribution in [0.5, 0.6) is 0 Å². The lowest BCUT2D eigenvalue weighted by atomic mass is 9.78. The quantitative estimate of drug-likeness (QED) is 0.837. The van der Waals surface area contributed by atoms with Crippen molar-refractivity contribution in [1.29, 1.82) is 0 Å². The zero-order chi connectivity index (χ0) is 15.9. The van der Waals surface area contributed by atoms with Gasteiger partial charge in [-0.3, -0.25) is 9.59 Å². The van der Waals surface area contributed by atoms with E-state index in [-0.39, 0.29) is 23.3 Å². The van der Waals surface area contributed by atoms with Crippen LogP contribution in [-0.2, 0) is 11.8 Å². The monoisotopic (exact) mass is 303 g/mol. The summed E-state index contributed by atoms with van der Waals surface area (Å²) in [4.78, 5) is 29.4. The zero-order valence-corrected chi connectivity index (χ0v) is 13.7. The van der Waals surface area contributed by atoms with Crippen molar-refractivity contribution in [2.45, 2.75) is 39.2 Å². The first-order valence-corrected chi connectivity index (χ1v) is 8.16. The van der Waals surface area contributed by atoms with Crippen LogP contribution in [0.4, 0.5) is 0 Å². The molecule has 0 bridgehead atoms. The van der Waals surface area contributed by atoms with Crippen LogP contribution in [0, 0.1) is 5.41 Å². The van der Waals surface area contributed by atoms with Gasteiger partial charge in [-0.1, -0.05) is 0 Å². The van der Waals surface area contributed by atoms with E-state index in [1.54, 1.807) is 0 Å². The molecule has 1 spiro atoms. The Morgan fingerprint density at radius 3 is 2.68 bits per heavy atom. The Morgan fingerprint density at radius 1 is 1.27 bits per heavy atom. The Kier molecular flexibility index (Phi) is 3.75. The molecule has 2 saturated heterocycles. The first kappa shape index (κ1) is 15.1. The molecule has 2 fully saturated rings. The molecule has 2 aliphatic heterocycles. The Hall–Kier alpha value is -1.78. The number of likely N-dealkylation sites (tertiary alicyclic amines) is 2. The predicted octanol–water partition coefficient (Wildman–Crippen LogP) is 1.89. The molecule has 22 heavy (non-hydrogen) atoms. The summed E-state index contributed by atoms with van der Waals surface area (Å²) in [6.45, 7) is 6.24. The molecule has 2 aliphatic rings. The van der Waals surface area contributed by atoms with Gasteiger partial charge in [-0.15, -0.1) is 0 Å². The van der Waals surface area contributed by atoms with E-state index in [1.807, 2.05) is 39.7 Å². The molecule has 2 amide bonds. The minimum atomic E-state index is -0.344. The number of hydrogen-bond donors (Lipinski definition) is 0. The van der Waals surface area contributed by atoms with Gasteiger partial charge in [0.2, 0.25) is 5.91 Å². The minimum Gasteiger partial charge on any atom is -0.347 e. The van der Waals surface area contributed by atoms with E-state index < -0.39 is 0 Å². The largest absolute Gasteiger partial charge is 0.347 e. The number of piperidine rings is 1. The molecule has 1 unspecified atom stereocenters. The summed E-state index contributed by atoms with van der Waals surface area (Å²) >= 11 is 0. The molecule has 1 aromatic rings. The Morgan fingerprint density at radius 2 is 2.05 bits per heavy atom. The SMILES string of the molecule is CC(C)N1CCCC2(CCN(C(=O)c3cccn3C)C2)C1=O. The first-order chi connectivity index (χ1) is 10.4. The van der Waals surface area contributed by atoms with Gasteiger partial charge in [0.15, 0.2) is 0 Å². The summed E-state index contributed by atoms with van der Waals surface area (Å²) < 4.78 is 1.84. The molecule has 3 rings (SSSR count). The molecule has 0 N–H and O–H groups in total. The predicted molar refractivity (Wildman–Crippen MR) is 84.4 cm³/mol. The number of amides is 2. The van der Waals surface area contributed by atoms with Gasteiger partial charge in [-0.05, 0) is 45.2 Å². The number of rotatable bonds is 2. The molecule has 3 heterocycles. The Labute approximate surface area is 131 Å². The van der Waals surface area contributed by atoms with E-state index in [0.29, 0.717) is 18.8 Å². The fourth-order valence-corrected chi connectivity index (χ4v) is 3.86. The first-order valence-electron chi connectivity index (χ1n) is 8.16. The van der Waals surface area contributed by atoms with E-state index in [4.69, 9.17) is 0 Å². The van der Waals surface area contributed by atoms with Crippen molar-refractivity contribution >= 4 is 11.8 Å². The van der Waals surface area contributed by atoms with Crippen molar-refractivity contribution in [3.63, 3.8) is 0 Å². The highest BCUT2D eigenvalue weighted by atomic mass is 16.2. The number of carbonyl (C=O) groups excluding carboxylic acids is 2. The zero-order valence-electron chi connectivity index (χ0n) is 13.7. The summed E-state index contributed by atoms with van der Waals surface area (Å²) in [5.41, 5.74) is 0.351. The van der Waals surface area contributed by atoms with Gasteiger partial charge in [0, 0.05) is 38.9 Å². The molecule has 0 radical (unpaired) electrons. The Balaban J connectivity index is 1.78. The van der Waals surface area contributed by atoms with Gasteiger partial charge in [0.25, 0.3) is 5.91 Å². The molecule has 0 aliphatic carbocycles. The lowest BCUT2D eigenvalue weighted by Gasteiger charge is -2.41. The van der Waals surface area contributed by atoms with Gasteiger partial charge in [0.1, 0.15) is 5.69 Å². The normalized spacial score (nSPS) is 25.5. The Bertz CT molecular complexity index is 592. The van der Waals surface area contributed by atoms with Crippen LogP contribution < -0.4 is 0 Å². The maximum atomic E-state index is 12.9. The van der Waals surface area contributed by atoms with Crippen LogP contribution in [-0.4, -0.2) is 51.9 Å². The smallest absolute Gasteiger partial charge is 0.270 e. The third kappa shape index (κ3) is 2.32. The van der Waals surface area contributed by atoms with Crippen LogP contribution in [0.1, 0.15) is 43.6 Å². The van der Waals surface area contributed by atoms with Crippen LogP contribution in [0.25, 0.3) is 0 Å². The van der Waals surface area contributed by atoms with Gasteiger partial charge in [0.05, 0.1) is 5.41 Å². The molecule has 5 nitrogen and oxygen atoms in total. The van der Waals surface area contributed by atoms with Crippen molar-refractivity contribution in [3.8, 4) is 0 Å². The fourth-order valence-electron chi connectivity index (χ4n) is 3.86. The van der Waals surface area contributed by atoms with Crippen LogP contribution in [0.3, 0.4) is 0 Å². The third-order valence-corrected chi connectivity index (χ3v) is 5.20. The molecule has 1 atom stereocenters. The molecular weight excluding hydrogens is 278 g/mol. The summed E-state index contributed by atoms with van der Waals surface area (Å²) in [5.74, 6) is 0.287. The van der Waals surface area contributed by atoms with Crippen molar-refractivity contribution in [2.24, 2.45) is 12.5 Å². The van der Waals surface area contributed by atoms with Gasteiger partial charge < -0.3 is 14.4 Å². The second-order valence-electron chi connectivity index (χ2n) is 6.96. The van der Waals surface area contributed by atoms with Crippen molar-refractivity contribution in [1.82, 2.24) is 14.4 Å². The number of aryl methyl sites for hydroxylation is 1. The standard InChI is InChI=1S/C17H25N3O2/c1-13(2)20-10-5-7-17(16(20)22)8-11-19(12-17)15(21)14-6-4-9-18(14)3/h4,6,9,13H,5,7-8,10-12H2,1-3H3. The maximum absolute atomic E-state index is 12.9. The third-order valence-electron chi connectivity index (χ3n) is 5.20. The minimum absolute atomic E-state index is 0.0406. The highest BCUT2D eigenvalue weighted by Crippen LogP contribution is 2.41. The van der Waals surface area contributed by atoms with E-state index in [2.05, 4.69) is 13.8 Å². The highest BCUT2D eigenvalue weighted by Gasteiger charge is 2.49. The second kappa shape index (κ2) is 5.45. The summed E-state index contributed by atoms with van der Waals surface area (Å²) in [6.07, 6.45) is 4.62. The van der Waals surface area contributed by atoms with E-state index in [9.17, 15) is 9.59 Å². The topological polar surface area (TPSA) is 45.5 Å². The van der Waals surface area contributed by atoms with Gasteiger partial charge >= 0.3 is 0 Å². The van der Waals surface area contributed by atoms with Crippen LogP contribution >= 0.6 is 0 Å². The van der Waals surface area contributed by atoms with Crippen molar-refractivity contribution < 1.29 is 9.59 Å². The highest BCUT2D eigenvalue weighted by molar-refractivity contribution is 5.94. The molecule has 1 aromatic heterocycles. The lowest BCUT2D eigenvalue weighted by Crippen LogP contribution is -2.52. The lowest BCUT2D eigenvalue weighted by molar-refractivity contribution is -0.147. The summed E-state index contributed by atoms with van der Waals surface area (Å²) in [7, 11) is 1.88. The van der Waals surface area contributed by atoms with E-state index in [0.717, 1.165) is 25.8 Å². The molecule has 120 valence electrons. The average Bonchev–Trinajstić information content (AvgIpc) is 3.09. The van der Waals surface area contributed by atoms with Crippen molar-refractivity contribution in [2.75, 3.05) is 19.6 Å². The van der Waals surface area contributed by atoms with Gasteiger partial charge in [-0.25, -0.2) is 0 Å². The van der Waals surface area contributed by atoms with E-state index in [1.165, 1.54) is 0 Å². The van der Waals surface area contributed by atoms with Crippen LogP contribution in [0.15, 0.2) is 18.3 Å². The number of carbonyl (C=O) groups is 2. The van der Waals surface area contributed by atoms with Gasteiger partial charge in [-0.2, -0.15) is 0 Å². The van der Waals surface area contributed by atoms with Crippen molar-refractivity contribution in [3.05, 3.63) is 24.0 Å². The molecule has 0 aromatic carbocycles. The van der Waals surface area contributed by atoms with Crippen LogP contribution in [0.2, 0.25) is 0 Å². The number of nitrogens with zero attached hydrogens (tertiary/aromatic N) is 3. The maximum Gasteiger partial charge on any atom is 0.270 e. The summed E-state index contributed by atoms with van der Waals surface area (Å²) in [6, 6.07) is 3.96.